The van der Waals surface area contributed by atoms with Crippen molar-refractivity contribution in [3.8, 4) is 6.07 Å². The molecule has 22 heavy (non-hydrogen) atoms. The Hall–Kier alpha value is -1.87. The highest BCUT2D eigenvalue weighted by Gasteiger charge is 2.20. The van der Waals surface area contributed by atoms with E-state index >= 15 is 0 Å². The van der Waals surface area contributed by atoms with Gasteiger partial charge >= 0.3 is 0 Å². The van der Waals surface area contributed by atoms with E-state index in [-0.39, 0.29) is 5.91 Å². The molecule has 0 radical (unpaired) electrons. The van der Waals surface area contributed by atoms with E-state index in [0.29, 0.717) is 20.5 Å². The molecule has 6 heteroatoms. The third-order valence-corrected chi connectivity index (χ3v) is 6.26. The topological polar surface area (TPSA) is 52.9 Å². The van der Waals surface area contributed by atoms with Crippen LogP contribution in [0.15, 0.2) is 24.3 Å². The van der Waals surface area contributed by atoms with Crippen LogP contribution in [0.5, 0.6) is 0 Å². The number of nitrogens with zero attached hydrogens (tertiary/aromatic N) is 1. The molecule has 2 aromatic heterocycles. The molecule has 0 atom stereocenters. The fraction of sp³-hybridized carbons (Fsp3) is 0.125. The van der Waals surface area contributed by atoms with Gasteiger partial charge in [-0.1, -0.05) is 29.8 Å². The van der Waals surface area contributed by atoms with Crippen LogP contribution in [0.1, 0.15) is 25.7 Å². The minimum atomic E-state index is -0.274. The van der Waals surface area contributed by atoms with Crippen molar-refractivity contribution in [1.29, 1.82) is 5.26 Å². The van der Waals surface area contributed by atoms with Crippen LogP contribution in [0.25, 0.3) is 10.1 Å². The number of fused-ring (bicyclic) bond motifs is 1. The van der Waals surface area contributed by atoms with E-state index in [1.807, 2.05) is 38.1 Å². The van der Waals surface area contributed by atoms with Crippen LogP contribution < -0.4 is 5.32 Å². The summed E-state index contributed by atoms with van der Waals surface area (Å²) in [5.41, 5.74) is 1.43. The predicted molar refractivity (Wildman–Crippen MR) is 93.3 cm³/mol. The Balaban J connectivity index is 1.99. The van der Waals surface area contributed by atoms with E-state index in [4.69, 9.17) is 11.6 Å². The van der Waals surface area contributed by atoms with E-state index in [1.165, 1.54) is 22.7 Å². The van der Waals surface area contributed by atoms with Gasteiger partial charge in [-0.15, -0.1) is 22.7 Å². The number of benzene rings is 1. The number of amides is 1. The number of nitriles is 1. The zero-order valence-corrected chi connectivity index (χ0v) is 14.2. The number of rotatable bonds is 2. The van der Waals surface area contributed by atoms with Crippen LogP contribution >= 0.6 is 34.3 Å². The number of aryl methyl sites for hydroxylation is 1. The summed E-state index contributed by atoms with van der Waals surface area (Å²) in [7, 11) is 0. The van der Waals surface area contributed by atoms with E-state index in [1.54, 1.807) is 0 Å². The lowest BCUT2D eigenvalue weighted by Crippen LogP contribution is -2.10. The number of hydrogen-bond acceptors (Lipinski definition) is 4. The number of carbonyl (C=O) groups is 1. The molecule has 110 valence electrons. The number of hydrogen-bond donors (Lipinski definition) is 1. The van der Waals surface area contributed by atoms with Crippen molar-refractivity contribution in [2.24, 2.45) is 0 Å². The predicted octanol–water partition coefficient (Wildman–Crippen LogP) is 5.36. The average molecular weight is 347 g/mol. The molecule has 0 bridgehead atoms. The molecule has 3 aromatic rings. The maximum Gasteiger partial charge on any atom is 0.267 e. The molecular weight excluding hydrogens is 336 g/mol. The largest absolute Gasteiger partial charge is 0.312 e. The summed E-state index contributed by atoms with van der Waals surface area (Å²) >= 11 is 9.08. The normalized spacial score (nSPS) is 10.6. The third kappa shape index (κ3) is 2.40. The Labute approximate surface area is 140 Å². The molecule has 1 amide bonds. The lowest BCUT2D eigenvalue weighted by atomic mass is 10.2. The Bertz CT molecular complexity index is 934. The zero-order valence-electron chi connectivity index (χ0n) is 11.9. The van der Waals surface area contributed by atoms with Crippen LogP contribution in [0.3, 0.4) is 0 Å². The second-order valence-corrected chi connectivity index (χ2v) is 7.45. The summed E-state index contributed by atoms with van der Waals surface area (Å²) in [6.07, 6.45) is 0. The van der Waals surface area contributed by atoms with Gasteiger partial charge in [-0.05, 0) is 25.5 Å². The Kier molecular flexibility index (Phi) is 3.92. The first-order valence-electron chi connectivity index (χ1n) is 6.51. The van der Waals surface area contributed by atoms with E-state index in [0.717, 1.165) is 20.5 Å². The van der Waals surface area contributed by atoms with Crippen LogP contribution in [0.4, 0.5) is 5.00 Å². The molecule has 2 heterocycles. The number of carbonyl (C=O) groups excluding carboxylic acids is 1. The van der Waals surface area contributed by atoms with Crippen molar-refractivity contribution in [2.45, 2.75) is 13.8 Å². The molecule has 0 aliphatic rings. The van der Waals surface area contributed by atoms with Crippen molar-refractivity contribution >= 4 is 55.3 Å². The quantitative estimate of drug-likeness (QED) is 0.679. The number of anilines is 1. The maximum atomic E-state index is 12.5. The molecule has 0 unspecified atom stereocenters. The van der Waals surface area contributed by atoms with Gasteiger partial charge in [0.2, 0.25) is 0 Å². The van der Waals surface area contributed by atoms with Crippen LogP contribution in [0, 0.1) is 25.2 Å². The molecule has 1 N–H and O–H groups in total. The lowest BCUT2D eigenvalue weighted by molar-refractivity contribution is 0.103. The molecule has 0 aliphatic heterocycles. The second kappa shape index (κ2) is 5.73. The van der Waals surface area contributed by atoms with Crippen molar-refractivity contribution in [3.05, 3.63) is 50.2 Å². The summed E-state index contributed by atoms with van der Waals surface area (Å²) < 4.78 is 0.969. The molecule has 0 aliphatic carbocycles. The summed E-state index contributed by atoms with van der Waals surface area (Å²) in [5.74, 6) is -0.274. The number of thiophene rings is 2. The van der Waals surface area contributed by atoms with Gasteiger partial charge in [0.05, 0.1) is 10.6 Å². The monoisotopic (exact) mass is 346 g/mol. The summed E-state index contributed by atoms with van der Waals surface area (Å²) in [4.78, 5) is 14.0. The van der Waals surface area contributed by atoms with Crippen molar-refractivity contribution in [2.75, 3.05) is 5.32 Å². The first kappa shape index (κ1) is 15.0. The molecule has 3 nitrogen and oxygen atoms in total. The number of nitrogens with one attached hydrogen (secondary N) is 1. The van der Waals surface area contributed by atoms with Crippen molar-refractivity contribution in [1.82, 2.24) is 0 Å². The van der Waals surface area contributed by atoms with E-state index in [9.17, 15) is 10.1 Å². The third-order valence-electron chi connectivity index (χ3n) is 3.47. The van der Waals surface area contributed by atoms with Gasteiger partial charge in [0.1, 0.15) is 15.9 Å². The van der Waals surface area contributed by atoms with Gasteiger partial charge in [0, 0.05) is 15.0 Å². The summed E-state index contributed by atoms with van der Waals surface area (Å²) in [5, 5.41) is 14.0. The Morgan fingerprint density at radius 2 is 2.00 bits per heavy atom. The van der Waals surface area contributed by atoms with Gasteiger partial charge in [0.15, 0.2) is 0 Å². The SMILES string of the molecule is Cc1sc(NC(=O)c2sc3ccccc3c2Cl)c(C#N)c1C. The lowest BCUT2D eigenvalue weighted by Gasteiger charge is -2.01. The molecule has 1 aromatic carbocycles. The van der Waals surface area contributed by atoms with Gasteiger partial charge in [-0.25, -0.2) is 0 Å². The first-order chi connectivity index (χ1) is 10.5. The van der Waals surface area contributed by atoms with Gasteiger partial charge < -0.3 is 5.32 Å². The molecule has 0 saturated carbocycles. The molecule has 0 spiro atoms. The maximum absolute atomic E-state index is 12.5. The van der Waals surface area contributed by atoms with Crippen LogP contribution in [0.2, 0.25) is 5.02 Å². The minimum absolute atomic E-state index is 0.274. The van der Waals surface area contributed by atoms with E-state index in [2.05, 4.69) is 11.4 Å². The fourth-order valence-electron chi connectivity index (χ4n) is 2.17. The van der Waals surface area contributed by atoms with Crippen molar-refractivity contribution in [3.63, 3.8) is 0 Å². The standard InChI is InChI=1S/C16H11ClN2OS2/c1-8-9(2)21-16(11(8)7-18)19-15(20)14-13(17)10-5-3-4-6-12(10)22-14/h3-6H,1-2H3,(H,19,20). The van der Waals surface area contributed by atoms with Gasteiger partial charge in [-0.2, -0.15) is 5.26 Å². The van der Waals surface area contributed by atoms with Crippen LogP contribution in [-0.4, -0.2) is 5.91 Å². The Morgan fingerprint density at radius 3 is 2.68 bits per heavy atom. The smallest absolute Gasteiger partial charge is 0.267 e. The van der Waals surface area contributed by atoms with Gasteiger partial charge in [0.25, 0.3) is 5.91 Å². The number of halogens is 1. The second-order valence-electron chi connectivity index (χ2n) is 4.79. The highest BCUT2D eigenvalue weighted by molar-refractivity contribution is 7.22. The fourth-order valence-corrected chi connectivity index (χ4v) is 4.59. The Morgan fingerprint density at radius 1 is 1.27 bits per heavy atom. The minimum Gasteiger partial charge on any atom is -0.312 e. The first-order valence-corrected chi connectivity index (χ1v) is 8.52. The zero-order chi connectivity index (χ0) is 15.9. The van der Waals surface area contributed by atoms with Crippen molar-refractivity contribution < 1.29 is 4.79 Å². The molecule has 0 saturated heterocycles. The summed E-state index contributed by atoms with van der Waals surface area (Å²) in [6.45, 7) is 3.81. The summed E-state index contributed by atoms with van der Waals surface area (Å²) in [6, 6.07) is 9.78. The highest BCUT2D eigenvalue weighted by atomic mass is 35.5. The van der Waals surface area contributed by atoms with E-state index < -0.39 is 0 Å². The molecule has 0 fully saturated rings. The van der Waals surface area contributed by atoms with Gasteiger partial charge in [-0.3, -0.25) is 4.79 Å². The molecular formula is C16H11ClN2OS2. The molecule has 3 rings (SSSR count). The highest BCUT2D eigenvalue weighted by Crippen LogP contribution is 2.37. The van der Waals surface area contributed by atoms with Crippen LogP contribution in [-0.2, 0) is 0 Å². The average Bonchev–Trinajstić information content (AvgIpc) is 2.98.